The monoisotopic (exact) mass is 243 g/mol. The molecule has 2 heterocycles. The molecule has 1 aromatic heterocycles. The summed E-state index contributed by atoms with van der Waals surface area (Å²) in [6.07, 6.45) is 2.20. The van der Waals surface area contributed by atoms with Gasteiger partial charge in [-0.25, -0.2) is 4.98 Å². The van der Waals surface area contributed by atoms with Crippen molar-refractivity contribution in [3.63, 3.8) is 0 Å². The van der Waals surface area contributed by atoms with Gasteiger partial charge in [0.2, 0.25) is 0 Å². The maximum Gasteiger partial charge on any atom is 0.274 e. The van der Waals surface area contributed by atoms with Crippen molar-refractivity contribution in [2.45, 2.75) is 12.3 Å². The van der Waals surface area contributed by atoms with E-state index in [1.165, 1.54) is 6.20 Å². The summed E-state index contributed by atoms with van der Waals surface area (Å²) in [7, 11) is 0. The largest absolute Gasteiger partial charge is 0.493 e. The fourth-order valence-corrected chi connectivity index (χ4v) is 2.22. The van der Waals surface area contributed by atoms with Crippen LogP contribution in [0.5, 0.6) is 5.75 Å². The van der Waals surface area contributed by atoms with Crippen LogP contribution in [0.4, 0.5) is 5.69 Å². The third-order valence-electron chi connectivity index (χ3n) is 3.14. The maximum atomic E-state index is 11.5. The zero-order valence-corrected chi connectivity index (χ0v) is 9.72. The van der Waals surface area contributed by atoms with E-state index < -0.39 is 0 Å². The number of nitrogens with one attached hydrogen (secondary N) is 1. The van der Waals surface area contributed by atoms with Gasteiger partial charge < -0.3 is 15.5 Å². The molecule has 1 aliphatic heterocycles. The maximum absolute atomic E-state index is 11.5. The summed E-state index contributed by atoms with van der Waals surface area (Å²) in [4.78, 5) is 18.5. The van der Waals surface area contributed by atoms with Crippen LogP contribution in [0.3, 0.4) is 0 Å². The molecule has 1 aromatic carbocycles. The van der Waals surface area contributed by atoms with Gasteiger partial charge in [-0.05, 0) is 12.5 Å². The molecule has 0 saturated heterocycles. The van der Waals surface area contributed by atoms with E-state index in [1.54, 1.807) is 0 Å². The number of ether oxygens (including phenoxy) is 1. The van der Waals surface area contributed by atoms with Crippen molar-refractivity contribution in [3.05, 3.63) is 52.2 Å². The highest BCUT2D eigenvalue weighted by Crippen LogP contribution is 2.35. The van der Waals surface area contributed by atoms with Crippen molar-refractivity contribution in [3.8, 4) is 5.75 Å². The minimum absolute atomic E-state index is 0.0586. The van der Waals surface area contributed by atoms with Crippen LogP contribution < -0.4 is 16.0 Å². The van der Waals surface area contributed by atoms with Crippen LogP contribution in [0.25, 0.3) is 0 Å². The van der Waals surface area contributed by atoms with Gasteiger partial charge in [0.1, 0.15) is 17.3 Å². The number of para-hydroxylation sites is 1. The van der Waals surface area contributed by atoms with Crippen LogP contribution in [0, 0.1) is 0 Å². The number of anilines is 1. The lowest BCUT2D eigenvalue weighted by Gasteiger charge is -2.24. The molecule has 2 aromatic rings. The highest BCUT2D eigenvalue weighted by molar-refractivity contribution is 5.41. The molecule has 0 spiro atoms. The minimum Gasteiger partial charge on any atom is -0.493 e. The van der Waals surface area contributed by atoms with E-state index in [0.717, 1.165) is 17.7 Å². The molecule has 0 radical (unpaired) electrons. The summed E-state index contributed by atoms with van der Waals surface area (Å²) in [5.74, 6) is 1.56. The predicted molar refractivity (Wildman–Crippen MR) is 67.7 cm³/mol. The van der Waals surface area contributed by atoms with E-state index in [0.29, 0.717) is 12.4 Å². The number of aromatic amines is 1. The second-order valence-electron chi connectivity index (χ2n) is 4.28. The first-order valence-corrected chi connectivity index (χ1v) is 5.82. The Morgan fingerprint density at radius 2 is 2.22 bits per heavy atom. The quantitative estimate of drug-likeness (QED) is 0.790. The van der Waals surface area contributed by atoms with Gasteiger partial charge in [0, 0.05) is 11.5 Å². The number of hydrogen-bond acceptors (Lipinski definition) is 4. The molecule has 92 valence electrons. The first-order valence-electron chi connectivity index (χ1n) is 5.82. The number of nitrogen functional groups attached to an aromatic ring is 1. The van der Waals surface area contributed by atoms with Gasteiger partial charge >= 0.3 is 0 Å². The Balaban J connectivity index is 2.08. The average Bonchev–Trinajstić information content (AvgIpc) is 2.41. The smallest absolute Gasteiger partial charge is 0.274 e. The summed E-state index contributed by atoms with van der Waals surface area (Å²) in [5.41, 5.74) is 6.38. The van der Waals surface area contributed by atoms with Crippen molar-refractivity contribution >= 4 is 5.69 Å². The lowest BCUT2D eigenvalue weighted by Crippen LogP contribution is -2.21. The van der Waals surface area contributed by atoms with E-state index in [4.69, 9.17) is 10.5 Å². The number of nitrogens with zero attached hydrogens (tertiary/aromatic N) is 1. The fraction of sp³-hybridized carbons (Fsp3) is 0.231. The van der Waals surface area contributed by atoms with Crippen LogP contribution in [0.1, 0.15) is 23.7 Å². The number of H-pyrrole nitrogens is 1. The molecule has 0 saturated carbocycles. The normalized spacial score (nSPS) is 17.9. The molecule has 5 heteroatoms. The first-order chi connectivity index (χ1) is 8.75. The predicted octanol–water partition coefficient (Wildman–Crippen LogP) is 1.27. The Morgan fingerprint density at radius 3 is 3.06 bits per heavy atom. The average molecular weight is 243 g/mol. The summed E-state index contributed by atoms with van der Waals surface area (Å²) in [6, 6.07) is 7.81. The molecule has 0 amide bonds. The van der Waals surface area contributed by atoms with Crippen LogP contribution in [0.2, 0.25) is 0 Å². The number of nitrogens with two attached hydrogens (primary N) is 1. The standard InChI is InChI=1S/C13H13N3O2/c14-10-7-15-12(16-13(10)17)9-5-6-18-11-4-2-1-3-8(9)11/h1-4,7,9H,5-6,14H2,(H,15,16,17). The molecular weight excluding hydrogens is 230 g/mol. The van der Waals surface area contributed by atoms with E-state index >= 15 is 0 Å². The lowest BCUT2D eigenvalue weighted by atomic mass is 9.92. The molecule has 0 bridgehead atoms. The number of benzene rings is 1. The highest BCUT2D eigenvalue weighted by Gasteiger charge is 2.24. The summed E-state index contributed by atoms with van der Waals surface area (Å²) >= 11 is 0. The van der Waals surface area contributed by atoms with Gasteiger partial charge in [0.25, 0.3) is 5.56 Å². The minimum atomic E-state index is -0.288. The molecule has 1 atom stereocenters. The van der Waals surface area contributed by atoms with Crippen molar-refractivity contribution in [2.75, 3.05) is 12.3 Å². The summed E-state index contributed by atoms with van der Waals surface area (Å²) in [6.45, 7) is 0.621. The van der Waals surface area contributed by atoms with Crippen molar-refractivity contribution in [2.24, 2.45) is 0 Å². The molecule has 1 aliphatic rings. The highest BCUT2D eigenvalue weighted by atomic mass is 16.5. The Labute approximate surface area is 104 Å². The van der Waals surface area contributed by atoms with Crippen LogP contribution in [0.15, 0.2) is 35.3 Å². The molecule has 0 aliphatic carbocycles. The molecule has 3 rings (SSSR count). The van der Waals surface area contributed by atoms with E-state index in [9.17, 15) is 4.79 Å². The first kappa shape index (κ1) is 10.8. The number of fused-ring (bicyclic) bond motifs is 1. The van der Waals surface area contributed by atoms with E-state index in [-0.39, 0.29) is 17.2 Å². The molecule has 18 heavy (non-hydrogen) atoms. The van der Waals surface area contributed by atoms with Crippen LogP contribution in [-0.4, -0.2) is 16.6 Å². The van der Waals surface area contributed by atoms with Gasteiger partial charge in [0.15, 0.2) is 0 Å². The van der Waals surface area contributed by atoms with Crippen molar-refractivity contribution in [1.82, 2.24) is 9.97 Å². The van der Waals surface area contributed by atoms with E-state index in [2.05, 4.69) is 9.97 Å². The molecular formula is C13H13N3O2. The molecule has 3 N–H and O–H groups in total. The Bertz CT molecular complexity index is 636. The zero-order chi connectivity index (χ0) is 12.5. The van der Waals surface area contributed by atoms with Gasteiger partial charge in [-0.1, -0.05) is 18.2 Å². The zero-order valence-electron chi connectivity index (χ0n) is 9.72. The third-order valence-corrected chi connectivity index (χ3v) is 3.14. The molecule has 1 unspecified atom stereocenters. The number of aromatic nitrogens is 2. The fourth-order valence-electron chi connectivity index (χ4n) is 2.22. The number of hydrogen-bond donors (Lipinski definition) is 2. The Hall–Kier alpha value is -2.30. The topological polar surface area (TPSA) is 81.0 Å². The lowest BCUT2D eigenvalue weighted by molar-refractivity contribution is 0.274. The Morgan fingerprint density at radius 1 is 1.39 bits per heavy atom. The van der Waals surface area contributed by atoms with E-state index in [1.807, 2.05) is 24.3 Å². The SMILES string of the molecule is Nc1cnc(C2CCOc3ccccc32)[nH]c1=O. The molecule has 0 fully saturated rings. The summed E-state index contributed by atoms with van der Waals surface area (Å²) < 4.78 is 5.58. The second kappa shape index (κ2) is 4.18. The van der Waals surface area contributed by atoms with Crippen LogP contribution in [-0.2, 0) is 0 Å². The second-order valence-corrected chi connectivity index (χ2v) is 4.28. The van der Waals surface area contributed by atoms with Gasteiger partial charge in [0.05, 0.1) is 12.8 Å². The summed E-state index contributed by atoms with van der Waals surface area (Å²) in [5, 5.41) is 0. The van der Waals surface area contributed by atoms with Crippen molar-refractivity contribution < 1.29 is 4.74 Å². The van der Waals surface area contributed by atoms with Crippen LogP contribution >= 0.6 is 0 Å². The van der Waals surface area contributed by atoms with Gasteiger partial charge in [-0.2, -0.15) is 0 Å². The van der Waals surface area contributed by atoms with Gasteiger partial charge in [-0.15, -0.1) is 0 Å². The third kappa shape index (κ3) is 1.73. The molecule has 5 nitrogen and oxygen atoms in total. The number of rotatable bonds is 1. The van der Waals surface area contributed by atoms with Gasteiger partial charge in [-0.3, -0.25) is 4.79 Å². The van der Waals surface area contributed by atoms with Crippen molar-refractivity contribution in [1.29, 1.82) is 0 Å². The Kier molecular flexibility index (Phi) is 2.51.